The summed E-state index contributed by atoms with van der Waals surface area (Å²) in [5.74, 6) is 1.05. The molecule has 0 unspecified atom stereocenters. The fourth-order valence-corrected chi connectivity index (χ4v) is 4.65. The Bertz CT molecular complexity index is 838. The average molecular weight is 451 g/mol. The molecular weight excluding hydrogens is 416 g/mol. The van der Waals surface area contributed by atoms with Crippen LogP contribution in [0.4, 0.5) is 0 Å². The van der Waals surface area contributed by atoms with E-state index in [1.54, 1.807) is 14.2 Å². The maximum Gasteiger partial charge on any atom is 0.348 e. The first-order valence-electron chi connectivity index (χ1n) is 10.2. The van der Waals surface area contributed by atoms with Gasteiger partial charge in [-0.15, -0.1) is 11.3 Å². The second kappa shape index (κ2) is 10.5. The lowest BCUT2D eigenvalue weighted by Gasteiger charge is -2.36. The number of ether oxygens (including phenoxy) is 3. The largest absolute Gasteiger partial charge is 0.493 e. The van der Waals surface area contributed by atoms with E-state index in [9.17, 15) is 4.79 Å². The molecular formula is C23H34O5SSi. The van der Waals surface area contributed by atoms with E-state index < -0.39 is 8.32 Å². The maximum absolute atomic E-state index is 12.4. The second-order valence-corrected chi connectivity index (χ2v) is 14.6. The zero-order valence-electron chi connectivity index (χ0n) is 19.2. The van der Waals surface area contributed by atoms with Gasteiger partial charge in [0.2, 0.25) is 0 Å². The Morgan fingerprint density at radius 3 is 2.37 bits per heavy atom. The van der Waals surface area contributed by atoms with E-state index in [0.29, 0.717) is 29.4 Å². The minimum atomic E-state index is -1.74. The molecule has 0 aliphatic heterocycles. The Morgan fingerprint density at radius 2 is 1.73 bits per heavy atom. The molecule has 30 heavy (non-hydrogen) atoms. The summed E-state index contributed by atoms with van der Waals surface area (Å²) < 4.78 is 22.4. The Kier molecular flexibility index (Phi) is 8.52. The number of hydrogen-bond acceptors (Lipinski definition) is 6. The predicted octanol–water partition coefficient (Wildman–Crippen LogP) is 5.73. The Labute approximate surface area is 185 Å². The smallest absolute Gasteiger partial charge is 0.348 e. The van der Waals surface area contributed by atoms with Crippen molar-refractivity contribution in [3.63, 3.8) is 0 Å². The van der Waals surface area contributed by atoms with E-state index in [0.717, 1.165) is 16.9 Å². The number of carbonyl (C=O) groups excluding carboxylic acids is 1. The average Bonchev–Trinajstić information content (AvgIpc) is 3.15. The Balaban J connectivity index is 1.85. The maximum atomic E-state index is 12.4. The van der Waals surface area contributed by atoms with Gasteiger partial charge in [-0.1, -0.05) is 32.9 Å². The summed E-state index contributed by atoms with van der Waals surface area (Å²) in [6.07, 6.45) is 1.37. The van der Waals surface area contributed by atoms with Crippen LogP contribution in [-0.4, -0.2) is 41.7 Å². The van der Waals surface area contributed by atoms with Gasteiger partial charge in [0.25, 0.3) is 0 Å². The van der Waals surface area contributed by atoms with E-state index in [4.69, 9.17) is 18.6 Å². The van der Waals surface area contributed by atoms with Crippen LogP contribution in [0.25, 0.3) is 0 Å². The van der Waals surface area contributed by atoms with Crippen LogP contribution in [0.5, 0.6) is 11.5 Å². The lowest BCUT2D eigenvalue weighted by atomic mass is 10.1. The number of esters is 1. The van der Waals surface area contributed by atoms with Gasteiger partial charge in [0, 0.05) is 29.9 Å². The molecule has 7 heteroatoms. The molecule has 0 saturated heterocycles. The van der Waals surface area contributed by atoms with Crippen LogP contribution in [0, 0.1) is 0 Å². The fourth-order valence-electron chi connectivity index (χ4n) is 2.72. The lowest BCUT2D eigenvalue weighted by molar-refractivity contribution is 0.0514. The molecule has 0 aliphatic carbocycles. The topological polar surface area (TPSA) is 54.0 Å². The normalized spacial score (nSPS) is 12.0. The highest BCUT2D eigenvalue weighted by Crippen LogP contribution is 2.36. The van der Waals surface area contributed by atoms with E-state index in [1.807, 2.05) is 30.3 Å². The first-order chi connectivity index (χ1) is 14.1. The number of hydrogen-bond donors (Lipinski definition) is 0. The van der Waals surface area contributed by atoms with Crippen LogP contribution in [0.15, 0.2) is 30.3 Å². The molecule has 0 bridgehead atoms. The third-order valence-corrected chi connectivity index (χ3v) is 11.2. The van der Waals surface area contributed by atoms with Crippen molar-refractivity contribution in [2.75, 3.05) is 27.4 Å². The molecule has 0 N–H and O–H groups in total. The van der Waals surface area contributed by atoms with Gasteiger partial charge in [0.15, 0.2) is 19.8 Å². The molecule has 166 valence electrons. The molecule has 0 saturated carbocycles. The Morgan fingerprint density at radius 1 is 1.00 bits per heavy atom. The molecule has 2 aromatic rings. The Hall–Kier alpha value is -1.83. The number of benzene rings is 1. The number of thiophene rings is 1. The monoisotopic (exact) mass is 450 g/mol. The highest BCUT2D eigenvalue weighted by atomic mass is 32.1. The zero-order chi connectivity index (χ0) is 22.4. The van der Waals surface area contributed by atoms with Crippen LogP contribution in [0.2, 0.25) is 18.1 Å². The number of rotatable bonds is 10. The zero-order valence-corrected chi connectivity index (χ0v) is 21.0. The first-order valence-corrected chi connectivity index (χ1v) is 13.9. The highest BCUT2D eigenvalue weighted by Gasteiger charge is 2.36. The van der Waals surface area contributed by atoms with Crippen molar-refractivity contribution < 1.29 is 23.4 Å². The van der Waals surface area contributed by atoms with Crippen molar-refractivity contribution in [3.8, 4) is 11.5 Å². The van der Waals surface area contributed by atoms with Crippen molar-refractivity contribution >= 4 is 25.6 Å². The standard InChI is InChI=1S/C23H34O5SSi/c1-23(2,3)30(6,7)28-16-14-18-11-12-20(29-18)22(24)27-15-13-17-9-8-10-19(25-4)21(17)26-5/h8-12H,13-16H2,1-7H3. The van der Waals surface area contributed by atoms with Crippen LogP contribution in [-0.2, 0) is 22.0 Å². The summed E-state index contributed by atoms with van der Waals surface area (Å²) in [4.78, 5) is 14.2. The first kappa shape index (κ1) is 24.4. The summed E-state index contributed by atoms with van der Waals surface area (Å²) in [6, 6.07) is 9.51. The highest BCUT2D eigenvalue weighted by molar-refractivity contribution is 7.13. The number of carbonyl (C=O) groups is 1. The summed E-state index contributed by atoms with van der Waals surface area (Å²) in [6.45, 7) is 12.2. The summed E-state index contributed by atoms with van der Waals surface area (Å²) >= 11 is 1.48. The molecule has 1 aromatic carbocycles. The van der Waals surface area contributed by atoms with E-state index in [1.165, 1.54) is 11.3 Å². The quantitative estimate of drug-likeness (QED) is 0.342. The van der Waals surface area contributed by atoms with Gasteiger partial charge in [0.05, 0.1) is 20.8 Å². The molecule has 5 nitrogen and oxygen atoms in total. The van der Waals surface area contributed by atoms with Crippen molar-refractivity contribution in [2.24, 2.45) is 0 Å². The minimum Gasteiger partial charge on any atom is -0.493 e. The van der Waals surface area contributed by atoms with Crippen LogP contribution >= 0.6 is 11.3 Å². The van der Waals surface area contributed by atoms with Crippen molar-refractivity contribution in [1.29, 1.82) is 0 Å². The summed E-state index contributed by atoms with van der Waals surface area (Å²) in [7, 11) is 1.47. The van der Waals surface area contributed by atoms with Gasteiger partial charge in [-0.25, -0.2) is 4.79 Å². The summed E-state index contributed by atoms with van der Waals surface area (Å²) in [5, 5.41) is 0.197. The van der Waals surface area contributed by atoms with Crippen LogP contribution in [0.3, 0.4) is 0 Å². The number of para-hydroxylation sites is 1. The fraction of sp³-hybridized carbons (Fsp3) is 0.522. The SMILES string of the molecule is COc1cccc(CCOC(=O)c2ccc(CCO[Si](C)(C)C(C)(C)C)s2)c1OC. The van der Waals surface area contributed by atoms with Crippen LogP contribution in [0.1, 0.15) is 40.9 Å². The van der Waals surface area contributed by atoms with Crippen molar-refractivity contribution in [1.82, 2.24) is 0 Å². The molecule has 1 aromatic heterocycles. The molecule has 0 aliphatic rings. The van der Waals surface area contributed by atoms with Crippen molar-refractivity contribution in [3.05, 3.63) is 45.6 Å². The van der Waals surface area contributed by atoms with Gasteiger partial charge < -0.3 is 18.6 Å². The van der Waals surface area contributed by atoms with E-state index >= 15 is 0 Å². The molecule has 0 radical (unpaired) electrons. The van der Waals surface area contributed by atoms with Gasteiger partial charge in [0.1, 0.15) is 4.88 Å². The molecule has 2 rings (SSSR count). The second-order valence-electron chi connectivity index (χ2n) is 8.66. The molecule has 1 heterocycles. The van der Waals surface area contributed by atoms with E-state index in [2.05, 4.69) is 33.9 Å². The molecule has 0 spiro atoms. The van der Waals surface area contributed by atoms with Gasteiger partial charge in [-0.05, 0) is 36.3 Å². The third kappa shape index (κ3) is 6.33. The lowest BCUT2D eigenvalue weighted by Crippen LogP contribution is -2.41. The predicted molar refractivity (Wildman–Crippen MR) is 125 cm³/mol. The van der Waals surface area contributed by atoms with Gasteiger partial charge in [-0.3, -0.25) is 0 Å². The summed E-state index contributed by atoms with van der Waals surface area (Å²) in [5.41, 5.74) is 0.944. The molecule has 0 amide bonds. The third-order valence-electron chi connectivity index (χ3n) is 5.57. The molecule has 0 atom stereocenters. The number of methoxy groups -OCH3 is 2. The van der Waals surface area contributed by atoms with Crippen LogP contribution < -0.4 is 9.47 Å². The van der Waals surface area contributed by atoms with E-state index in [-0.39, 0.29) is 17.6 Å². The van der Waals surface area contributed by atoms with Gasteiger partial charge in [-0.2, -0.15) is 0 Å². The van der Waals surface area contributed by atoms with Gasteiger partial charge >= 0.3 is 5.97 Å². The van der Waals surface area contributed by atoms with Crippen molar-refractivity contribution in [2.45, 2.75) is 51.7 Å². The minimum absolute atomic E-state index is 0.197. The molecule has 0 fully saturated rings.